The highest BCUT2D eigenvalue weighted by Crippen LogP contribution is 1.99. The number of hydrogen-bond acceptors (Lipinski definition) is 3. The number of rotatable bonds is 2. The second kappa shape index (κ2) is 4.77. The second-order valence-electron chi connectivity index (χ2n) is 4.24. The first-order chi connectivity index (χ1) is 6.63. The maximum absolute atomic E-state index is 11.4. The van der Waals surface area contributed by atoms with E-state index in [2.05, 4.69) is 10.6 Å². The lowest BCUT2D eigenvalue weighted by Crippen LogP contribution is -2.51. The summed E-state index contributed by atoms with van der Waals surface area (Å²) in [4.78, 5) is 32.3. The lowest BCUT2D eigenvalue weighted by atomic mass is 10.1. The summed E-state index contributed by atoms with van der Waals surface area (Å²) >= 11 is 0. The average molecular weight is 216 g/mol. The molecule has 1 unspecified atom stereocenters. The van der Waals surface area contributed by atoms with Crippen LogP contribution in [-0.2, 0) is 14.4 Å². The quantitative estimate of drug-likeness (QED) is 0.542. The summed E-state index contributed by atoms with van der Waals surface area (Å²) in [5.74, 6) is -3.21. The standard InChI is InChI=1S/C9H16N2O4/c1-5(10-7(13)8(14)15)6(12)11-9(2,3)4/h5H,1-4H3,(H,10,13)(H,11,12)(H,14,15). The van der Waals surface area contributed by atoms with Crippen LogP contribution in [0.1, 0.15) is 27.7 Å². The van der Waals surface area contributed by atoms with Gasteiger partial charge in [0.25, 0.3) is 0 Å². The van der Waals surface area contributed by atoms with Crippen molar-refractivity contribution in [1.29, 1.82) is 0 Å². The SMILES string of the molecule is CC(NC(=O)C(=O)O)C(=O)NC(C)(C)C. The molecule has 0 fully saturated rings. The van der Waals surface area contributed by atoms with E-state index in [9.17, 15) is 14.4 Å². The Morgan fingerprint density at radius 1 is 1.20 bits per heavy atom. The highest BCUT2D eigenvalue weighted by molar-refractivity contribution is 6.31. The molecule has 0 saturated heterocycles. The highest BCUT2D eigenvalue weighted by atomic mass is 16.4. The van der Waals surface area contributed by atoms with Gasteiger partial charge in [-0.1, -0.05) is 0 Å². The molecule has 2 amide bonds. The molecule has 0 aromatic carbocycles. The number of carbonyl (C=O) groups excluding carboxylic acids is 2. The number of carboxylic acids is 1. The van der Waals surface area contributed by atoms with E-state index in [0.29, 0.717) is 0 Å². The molecule has 0 aliphatic carbocycles. The summed E-state index contributed by atoms with van der Waals surface area (Å²) in [5.41, 5.74) is -0.417. The lowest BCUT2D eigenvalue weighted by molar-refractivity contribution is -0.150. The van der Waals surface area contributed by atoms with Crippen LogP contribution in [0.2, 0.25) is 0 Å². The fourth-order valence-electron chi connectivity index (χ4n) is 0.802. The molecule has 1 atom stereocenters. The lowest BCUT2D eigenvalue weighted by Gasteiger charge is -2.23. The van der Waals surface area contributed by atoms with Crippen molar-refractivity contribution in [3.63, 3.8) is 0 Å². The van der Waals surface area contributed by atoms with Crippen molar-refractivity contribution in [2.24, 2.45) is 0 Å². The molecule has 0 aliphatic heterocycles. The van der Waals surface area contributed by atoms with Gasteiger partial charge in [0, 0.05) is 5.54 Å². The Kier molecular flexibility index (Phi) is 4.26. The molecule has 0 rings (SSSR count). The molecule has 6 heteroatoms. The van der Waals surface area contributed by atoms with Crippen molar-refractivity contribution in [2.45, 2.75) is 39.3 Å². The molecule has 0 radical (unpaired) electrons. The van der Waals surface area contributed by atoms with Crippen molar-refractivity contribution in [3.8, 4) is 0 Å². The predicted octanol–water partition coefficient (Wildman–Crippen LogP) is -0.510. The van der Waals surface area contributed by atoms with E-state index in [1.807, 2.05) is 0 Å². The molecule has 0 aliphatic rings. The van der Waals surface area contributed by atoms with E-state index in [4.69, 9.17) is 5.11 Å². The van der Waals surface area contributed by atoms with E-state index in [1.54, 1.807) is 20.8 Å². The molecule has 6 nitrogen and oxygen atoms in total. The van der Waals surface area contributed by atoms with Gasteiger partial charge >= 0.3 is 11.9 Å². The number of amides is 2. The molecule has 0 saturated carbocycles. The number of carbonyl (C=O) groups is 3. The van der Waals surface area contributed by atoms with Crippen LogP contribution in [0.5, 0.6) is 0 Å². The second-order valence-corrected chi connectivity index (χ2v) is 4.24. The Labute approximate surface area is 88.0 Å². The molecular formula is C9H16N2O4. The van der Waals surface area contributed by atoms with Gasteiger partial charge < -0.3 is 15.7 Å². The number of nitrogens with one attached hydrogen (secondary N) is 2. The molecule has 0 heterocycles. The largest absolute Gasteiger partial charge is 0.474 e. The minimum absolute atomic E-state index is 0.417. The molecule has 86 valence electrons. The van der Waals surface area contributed by atoms with E-state index >= 15 is 0 Å². The highest BCUT2D eigenvalue weighted by Gasteiger charge is 2.22. The van der Waals surface area contributed by atoms with E-state index in [1.165, 1.54) is 6.92 Å². The fraction of sp³-hybridized carbons (Fsp3) is 0.667. The van der Waals surface area contributed by atoms with Crippen LogP contribution in [0.3, 0.4) is 0 Å². The van der Waals surface area contributed by atoms with E-state index in [0.717, 1.165) is 0 Å². The van der Waals surface area contributed by atoms with Crippen molar-refractivity contribution in [1.82, 2.24) is 10.6 Å². The first kappa shape index (κ1) is 13.4. The Hall–Kier alpha value is -1.59. The van der Waals surface area contributed by atoms with Crippen LogP contribution in [0, 0.1) is 0 Å². The van der Waals surface area contributed by atoms with Crippen LogP contribution in [0.15, 0.2) is 0 Å². The zero-order chi connectivity index (χ0) is 12.2. The van der Waals surface area contributed by atoms with Crippen molar-refractivity contribution in [2.75, 3.05) is 0 Å². The summed E-state index contributed by atoms with van der Waals surface area (Å²) < 4.78 is 0. The zero-order valence-corrected chi connectivity index (χ0v) is 9.25. The van der Waals surface area contributed by atoms with Gasteiger partial charge in [-0.3, -0.25) is 9.59 Å². The van der Waals surface area contributed by atoms with Gasteiger partial charge in [0.1, 0.15) is 6.04 Å². The van der Waals surface area contributed by atoms with Crippen molar-refractivity contribution >= 4 is 17.8 Å². The summed E-state index contributed by atoms with van der Waals surface area (Å²) in [6.07, 6.45) is 0. The van der Waals surface area contributed by atoms with Gasteiger partial charge in [0.05, 0.1) is 0 Å². The first-order valence-electron chi connectivity index (χ1n) is 4.49. The van der Waals surface area contributed by atoms with Crippen molar-refractivity contribution in [3.05, 3.63) is 0 Å². The number of hydrogen-bond donors (Lipinski definition) is 3. The first-order valence-corrected chi connectivity index (χ1v) is 4.49. The smallest absolute Gasteiger partial charge is 0.394 e. The van der Waals surface area contributed by atoms with Gasteiger partial charge in [-0.25, -0.2) is 4.79 Å². The van der Waals surface area contributed by atoms with Crippen LogP contribution in [-0.4, -0.2) is 34.5 Å². The summed E-state index contributed by atoms with van der Waals surface area (Å²) in [7, 11) is 0. The summed E-state index contributed by atoms with van der Waals surface area (Å²) in [6.45, 7) is 6.78. The Morgan fingerprint density at radius 2 is 1.67 bits per heavy atom. The van der Waals surface area contributed by atoms with Gasteiger partial charge in [0.15, 0.2) is 0 Å². The Balaban J connectivity index is 4.23. The molecule has 3 N–H and O–H groups in total. The van der Waals surface area contributed by atoms with E-state index < -0.39 is 29.4 Å². The summed E-state index contributed by atoms with van der Waals surface area (Å²) in [5, 5.41) is 13.0. The van der Waals surface area contributed by atoms with E-state index in [-0.39, 0.29) is 0 Å². The molecule has 15 heavy (non-hydrogen) atoms. The molecule has 0 spiro atoms. The third-order valence-corrected chi connectivity index (χ3v) is 1.43. The van der Waals surface area contributed by atoms with Crippen LogP contribution < -0.4 is 10.6 Å². The average Bonchev–Trinajstić information content (AvgIpc) is 2.00. The monoisotopic (exact) mass is 216 g/mol. The van der Waals surface area contributed by atoms with Gasteiger partial charge in [-0.15, -0.1) is 0 Å². The predicted molar refractivity (Wildman–Crippen MR) is 53.1 cm³/mol. The number of carboxylic acid groups (broad SMARTS) is 1. The summed E-state index contributed by atoms with van der Waals surface area (Å²) in [6, 6.07) is -0.868. The molecule has 0 aromatic rings. The van der Waals surface area contributed by atoms with Crippen molar-refractivity contribution < 1.29 is 19.5 Å². The fourth-order valence-corrected chi connectivity index (χ4v) is 0.802. The van der Waals surface area contributed by atoms with Crippen LogP contribution in [0.4, 0.5) is 0 Å². The third kappa shape index (κ3) is 5.66. The molecular weight excluding hydrogens is 200 g/mol. The van der Waals surface area contributed by atoms with Crippen LogP contribution in [0.25, 0.3) is 0 Å². The molecule has 0 aromatic heterocycles. The Bertz CT molecular complexity index is 280. The Morgan fingerprint density at radius 3 is 2.00 bits per heavy atom. The number of aliphatic carboxylic acids is 1. The maximum Gasteiger partial charge on any atom is 0.394 e. The third-order valence-electron chi connectivity index (χ3n) is 1.43. The van der Waals surface area contributed by atoms with Gasteiger partial charge in [-0.2, -0.15) is 0 Å². The minimum atomic E-state index is -1.61. The van der Waals surface area contributed by atoms with Gasteiger partial charge in [-0.05, 0) is 27.7 Å². The normalized spacial score (nSPS) is 12.8. The maximum atomic E-state index is 11.4. The zero-order valence-electron chi connectivity index (χ0n) is 9.25. The van der Waals surface area contributed by atoms with Gasteiger partial charge in [0.2, 0.25) is 5.91 Å². The topological polar surface area (TPSA) is 95.5 Å². The molecule has 0 bridgehead atoms. The minimum Gasteiger partial charge on any atom is -0.474 e. The van der Waals surface area contributed by atoms with Crippen LogP contribution >= 0.6 is 0 Å².